The van der Waals surface area contributed by atoms with E-state index in [0.29, 0.717) is 0 Å². The highest BCUT2D eigenvalue weighted by atomic mass is 16.5. The molecule has 0 spiro atoms. The van der Waals surface area contributed by atoms with Gasteiger partial charge in [0.15, 0.2) is 0 Å². The van der Waals surface area contributed by atoms with E-state index in [4.69, 9.17) is 9.47 Å². The van der Waals surface area contributed by atoms with Crippen molar-refractivity contribution in [2.24, 2.45) is 5.41 Å². The Hall–Kier alpha value is -1.84. The standard InChI is InChI=1S/C19H26O4/c1-4-5-6-16-7-8-17-10-19(11-18(17)9-16,12-22-14(2)20)13-23-15(3)21/h7-9H,4-6,10-13H2,1-3H3. The van der Waals surface area contributed by atoms with Crippen LogP contribution in [0.5, 0.6) is 0 Å². The molecule has 0 amide bonds. The third kappa shape index (κ3) is 4.81. The van der Waals surface area contributed by atoms with Crippen LogP contribution < -0.4 is 0 Å². The summed E-state index contributed by atoms with van der Waals surface area (Å²) < 4.78 is 10.5. The Morgan fingerprint density at radius 2 is 1.65 bits per heavy atom. The Labute approximate surface area is 138 Å². The van der Waals surface area contributed by atoms with Crippen molar-refractivity contribution < 1.29 is 19.1 Å². The van der Waals surface area contributed by atoms with Gasteiger partial charge in [0.05, 0.1) is 0 Å². The van der Waals surface area contributed by atoms with Crippen LogP contribution in [-0.2, 0) is 38.3 Å². The third-order valence-electron chi connectivity index (χ3n) is 4.38. The van der Waals surface area contributed by atoms with Crippen molar-refractivity contribution in [3.8, 4) is 0 Å². The Morgan fingerprint density at radius 3 is 2.22 bits per heavy atom. The summed E-state index contributed by atoms with van der Waals surface area (Å²) in [7, 11) is 0. The lowest BCUT2D eigenvalue weighted by Crippen LogP contribution is -2.34. The summed E-state index contributed by atoms with van der Waals surface area (Å²) in [6.07, 6.45) is 5.01. The molecule has 0 aromatic heterocycles. The van der Waals surface area contributed by atoms with E-state index in [2.05, 4.69) is 25.1 Å². The number of carbonyl (C=O) groups excluding carboxylic acids is 2. The molecule has 1 aromatic rings. The highest BCUT2D eigenvalue weighted by Gasteiger charge is 2.39. The largest absolute Gasteiger partial charge is 0.465 e. The lowest BCUT2D eigenvalue weighted by molar-refractivity contribution is -0.151. The van der Waals surface area contributed by atoms with E-state index in [9.17, 15) is 9.59 Å². The van der Waals surface area contributed by atoms with E-state index < -0.39 is 0 Å². The number of aryl methyl sites for hydroxylation is 1. The van der Waals surface area contributed by atoms with Gasteiger partial charge < -0.3 is 9.47 Å². The van der Waals surface area contributed by atoms with E-state index in [-0.39, 0.29) is 30.6 Å². The number of carbonyl (C=O) groups is 2. The van der Waals surface area contributed by atoms with Crippen molar-refractivity contribution in [2.75, 3.05) is 13.2 Å². The summed E-state index contributed by atoms with van der Waals surface area (Å²) in [4.78, 5) is 22.4. The zero-order chi connectivity index (χ0) is 16.9. The molecular weight excluding hydrogens is 292 g/mol. The summed E-state index contributed by atoms with van der Waals surface area (Å²) in [5.41, 5.74) is 3.58. The monoisotopic (exact) mass is 318 g/mol. The number of fused-ring (bicyclic) bond motifs is 1. The molecule has 0 saturated carbocycles. The molecule has 4 nitrogen and oxygen atoms in total. The van der Waals surface area contributed by atoms with Crippen LogP contribution in [0.3, 0.4) is 0 Å². The highest BCUT2D eigenvalue weighted by Crippen LogP contribution is 2.38. The maximum atomic E-state index is 11.2. The molecule has 0 saturated heterocycles. The molecule has 0 bridgehead atoms. The molecule has 0 N–H and O–H groups in total. The fraction of sp³-hybridized carbons (Fsp3) is 0.579. The van der Waals surface area contributed by atoms with Crippen molar-refractivity contribution >= 4 is 11.9 Å². The first-order valence-electron chi connectivity index (χ1n) is 8.31. The summed E-state index contributed by atoms with van der Waals surface area (Å²) in [6, 6.07) is 6.61. The average Bonchev–Trinajstić information content (AvgIpc) is 2.87. The van der Waals surface area contributed by atoms with Crippen molar-refractivity contribution in [1.82, 2.24) is 0 Å². The minimum atomic E-state index is -0.330. The maximum Gasteiger partial charge on any atom is 0.302 e. The normalized spacial score (nSPS) is 15.1. The van der Waals surface area contributed by atoms with Gasteiger partial charge in [-0.1, -0.05) is 31.5 Å². The Kier molecular flexibility index (Phi) is 5.80. The second kappa shape index (κ2) is 7.62. The molecule has 1 aliphatic carbocycles. The maximum absolute atomic E-state index is 11.2. The van der Waals surface area contributed by atoms with Crippen molar-refractivity contribution in [3.63, 3.8) is 0 Å². The molecule has 2 rings (SSSR count). The van der Waals surface area contributed by atoms with Crippen molar-refractivity contribution in [3.05, 3.63) is 34.9 Å². The van der Waals surface area contributed by atoms with E-state index in [0.717, 1.165) is 19.3 Å². The highest BCUT2D eigenvalue weighted by molar-refractivity contribution is 5.66. The van der Waals surface area contributed by atoms with E-state index in [1.165, 1.54) is 43.4 Å². The van der Waals surface area contributed by atoms with E-state index >= 15 is 0 Å². The minimum absolute atomic E-state index is 0.286. The number of benzene rings is 1. The van der Waals surface area contributed by atoms with Gasteiger partial charge in [-0.15, -0.1) is 0 Å². The summed E-state index contributed by atoms with van der Waals surface area (Å²) >= 11 is 0. The quantitative estimate of drug-likeness (QED) is 0.724. The predicted octanol–water partition coefficient (Wildman–Crippen LogP) is 3.24. The van der Waals surface area contributed by atoms with E-state index in [1.807, 2.05) is 0 Å². The van der Waals surface area contributed by atoms with Gasteiger partial charge in [-0.3, -0.25) is 9.59 Å². The number of hydrogen-bond donors (Lipinski definition) is 0. The molecule has 1 aromatic carbocycles. The Balaban J connectivity index is 2.14. The molecule has 0 radical (unpaired) electrons. The lowest BCUT2D eigenvalue weighted by atomic mass is 9.86. The summed E-state index contributed by atoms with van der Waals surface area (Å²) in [5, 5.41) is 0. The molecule has 0 aliphatic heterocycles. The molecule has 0 fully saturated rings. The van der Waals surface area contributed by atoms with Gasteiger partial charge in [-0.05, 0) is 42.4 Å². The number of rotatable bonds is 7. The second-order valence-corrected chi connectivity index (χ2v) is 6.62. The number of unbranched alkanes of at least 4 members (excludes halogenated alkanes) is 1. The van der Waals surface area contributed by atoms with Crippen LogP contribution in [0.1, 0.15) is 50.3 Å². The molecule has 0 atom stereocenters. The number of ether oxygens (including phenoxy) is 2. The topological polar surface area (TPSA) is 52.6 Å². The SMILES string of the molecule is CCCCc1ccc2c(c1)CC(COC(C)=O)(COC(C)=O)C2. The molecule has 23 heavy (non-hydrogen) atoms. The zero-order valence-electron chi connectivity index (χ0n) is 14.3. The number of esters is 2. The smallest absolute Gasteiger partial charge is 0.302 e. The van der Waals surface area contributed by atoms with Gasteiger partial charge in [-0.25, -0.2) is 0 Å². The van der Waals surface area contributed by atoms with Crippen LogP contribution in [0.2, 0.25) is 0 Å². The van der Waals surface area contributed by atoms with Gasteiger partial charge in [0, 0.05) is 19.3 Å². The van der Waals surface area contributed by atoms with Crippen LogP contribution in [-0.4, -0.2) is 25.2 Å². The lowest BCUT2D eigenvalue weighted by Gasteiger charge is -2.27. The predicted molar refractivity (Wildman–Crippen MR) is 88.2 cm³/mol. The molecule has 1 aliphatic rings. The first-order valence-corrected chi connectivity index (χ1v) is 8.31. The van der Waals surface area contributed by atoms with Crippen LogP contribution in [0, 0.1) is 5.41 Å². The Bertz CT molecular complexity index is 559. The van der Waals surface area contributed by atoms with Crippen LogP contribution in [0.25, 0.3) is 0 Å². The molecule has 0 unspecified atom stereocenters. The first-order chi connectivity index (χ1) is 10.9. The molecule has 4 heteroatoms. The molecule has 0 heterocycles. The average molecular weight is 318 g/mol. The fourth-order valence-electron chi connectivity index (χ4n) is 3.18. The van der Waals surface area contributed by atoms with Gasteiger partial charge in [0.2, 0.25) is 0 Å². The Morgan fingerprint density at radius 1 is 1.04 bits per heavy atom. The van der Waals surface area contributed by atoms with Crippen LogP contribution in [0.4, 0.5) is 0 Å². The van der Waals surface area contributed by atoms with Crippen LogP contribution in [0.15, 0.2) is 18.2 Å². The number of hydrogen-bond acceptors (Lipinski definition) is 4. The second-order valence-electron chi connectivity index (χ2n) is 6.62. The zero-order valence-corrected chi connectivity index (χ0v) is 14.3. The van der Waals surface area contributed by atoms with Gasteiger partial charge in [-0.2, -0.15) is 0 Å². The fourth-order valence-corrected chi connectivity index (χ4v) is 3.18. The first kappa shape index (κ1) is 17.5. The summed E-state index contributed by atoms with van der Waals surface area (Å²) in [5.74, 6) is -0.599. The van der Waals surface area contributed by atoms with E-state index in [1.54, 1.807) is 0 Å². The summed E-state index contributed by atoms with van der Waals surface area (Å²) in [6.45, 7) is 5.58. The third-order valence-corrected chi connectivity index (χ3v) is 4.38. The molecular formula is C19H26O4. The van der Waals surface area contributed by atoms with Gasteiger partial charge >= 0.3 is 11.9 Å². The van der Waals surface area contributed by atoms with Crippen LogP contribution >= 0.6 is 0 Å². The van der Waals surface area contributed by atoms with Crippen molar-refractivity contribution in [1.29, 1.82) is 0 Å². The van der Waals surface area contributed by atoms with Gasteiger partial charge in [0.1, 0.15) is 13.2 Å². The molecule has 126 valence electrons. The minimum Gasteiger partial charge on any atom is -0.465 e. The van der Waals surface area contributed by atoms with Gasteiger partial charge in [0.25, 0.3) is 0 Å². The van der Waals surface area contributed by atoms with Crippen molar-refractivity contribution in [2.45, 2.75) is 52.9 Å².